The maximum absolute atomic E-state index is 13.3. The molecule has 2 aromatic carbocycles. The molecule has 8 heteroatoms. The van der Waals surface area contributed by atoms with Crippen molar-refractivity contribution in [3.05, 3.63) is 59.2 Å². The second kappa shape index (κ2) is 7.07. The number of alkyl halides is 6. The standard InChI is InChI=1S/C20H14F6O2/c21-19(22,23)15-3-1-2-11(5-15)12-4-13(7-16(6-12)20(24,25)26)14-8-17(27)10-18(28)9-14/h1-7,14H,8-10H2. The molecular formula is C20H14F6O2. The number of halogens is 6. The maximum atomic E-state index is 13.3. The van der Waals surface area contributed by atoms with E-state index in [4.69, 9.17) is 0 Å². The molecule has 2 nitrogen and oxygen atoms in total. The van der Waals surface area contributed by atoms with Gasteiger partial charge in [0.1, 0.15) is 11.6 Å². The molecule has 1 fully saturated rings. The fourth-order valence-corrected chi connectivity index (χ4v) is 3.31. The van der Waals surface area contributed by atoms with Gasteiger partial charge in [-0.25, -0.2) is 0 Å². The highest BCUT2D eigenvalue weighted by molar-refractivity contribution is 6.02. The number of benzene rings is 2. The van der Waals surface area contributed by atoms with Crippen LogP contribution in [-0.4, -0.2) is 11.6 Å². The Kier molecular flexibility index (Phi) is 5.08. The van der Waals surface area contributed by atoms with Gasteiger partial charge in [0.25, 0.3) is 0 Å². The fraction of sp³-hybridized carbons (Fsp3) is 0.300. The van der Waals surface area contributed by atoms with Crippen molar-refractivity contribution < 1.29 is 35.9 Å². The fourth-order valence-electron chi connectivity index (χ4n) is 3.31. The minimum Gasteiger partial charge on any atom is -0.299 e. The van der Waals surface area contributed by atoms with Gasteiger partial charge in [-0.1, -0.05) is 18.2 Å². The molecule has 1 aliphatic carbocycles. The third-order valence-corrected chi connectivity index (χ3v) is 4.62. The largest absolute Gasteiger partial charge is 0.416 e. The molecule has 0 bridgehead atoms. The lowest BCUT2D eigenvalue weighted by Crippen LogP contribution is -2.21. The molecule has 0 amide bonds. The molecular weight excluding hydrogens is 386 g/mol. The van der Waals surface area contributed by atoms with Gasteiger partial charge in [0, 0.05) is 12.8 Å². The van der Waals surface area contributed by atoms with Gasteiger partial charge in [-0.05, 0) is 46.9 Å². The molecule has 1 aliphatic rings. The van der Waals surface area contributed by atoms with Crippen molar-refractivity contribution >= 4 is 11.6 Å². The van der Waals surface area contributed by atoms with E-state index in [0.717, 1.165) is 30.3 Å². The van der Waals surface area contributed by atoms with Gasteiger partial charge in [-0.15, -0.1) is 0 Å². The Hall–Kier alpha value is -2.64. The summed E-state index contributed by atoms with van der Waals surface area (Å²) in [6.07, 6.45) is -9.75. The van der Waals surface area contributed by atoms with Gasteiger partial charge >= 0.3 is 12.4 Å². The Labute approximate surface area is 156 Å². The molecule has 1 saturated carbocycles. The Bertz CT molecular complexity index is 911. The van der Waals surface area contributed by atoms with Crippen LogP contribution in [0.4, 0.5) is 26.3 Å². The molecule has 3 rings (SSSR count). The molecule has 148 valence electrons. The predicted octanol–water partition coefficient (Wildman–Crippen LogP) is 5.80. The molecule has 0 aromatic heterocycles. The summed E-state index contributed by atoms with van der Waals surface area (Å²) in [4.78, 5) is 23.4. The molecule has 0 heterocycles. The molecule has 0 atom stereocenters. The highest BCUT2D eigenvalue weighted by Gasteiger charge is 2.34. The average molecular weight is 400 g/mol. The normalized spacial score (nSPS) is 16.5. The summed E-state index contributed by atoms with van der Waals surface area (Å²) in [5.41, 5.74) is -1.99. The molecule has 0 N–H and O–H groups in total. The topological polar surface area (TPSA) is 34.1 Å². The van der Waals surface area contributed by atoms with E-state index in [1.807, 2.05) is 0 Å². The first-order valence-electron chi connectivity index (χ1n) is 8.36. The van der Waals surface area contributed by atoms with Crippen LogP contribution in [0.5, 0.6) is 0 Å². The average Bonchev–Trinajstić information content (AvgIpc) is 2.59. The van der Waals surface area contributed by atoms with Crippen molar-refractivity contribution in [2.24, 2.45) is 0 Å². The zero-order valence-corrected chi connectivity index (χ0v) is 14.3. The van der Waals surface area contributed by atoms with Crippen LogP contribution in [0.25, 0.3) is 11.1 Å². The number of hydrogen-bond acceptors (Lipinski definition) is 2. The van der Waals surface area contributed by atoms with Crippen molar-refractivity contribution in [2.45, 2.75) is 37.5 Å². The van der Waals surface area contributed by atoms with E-state index < -0.39 is 29.4 Å². The van der Waals surface area contributed by atoms with E-state index in [2.05, 4.69) is 0 Å². The van der Waals surface area contributed by atoms with Crippen LogP contribution in [0.2, 0.25) is 0 Å². The van der Waals surface area contributed by atoms with E-state index in [0.29, 0.717) is 0 Å². The first kappa shape index (κ1) is 20.1. The Balaban J connectivity index is 2.11. The Morgan fingerprint density at radius 3 is 1.86 bits per heavy atom. The van der Waals surface area contributed by atoms with E-state index in [1.165, 1.54) is 12.1 Å². The van der Waals surface area contributed by atoms with Gasteiger partial charge in [0.05, 0.1) is 17.5 Å². The monoisotopic (exact) mass is 400 g/mol. The summed E-state index contributed by atoms with van der Waals surface area (Å²) in [5, 5.41) is 0. The summed E-state index contributed by atoms with van der Waals surface area (Å²) in [7, 11) is 0. The van der Waals surface area contributed by atoms with Gasteiger partial charge in [0.15, 0.2) is 0 Å². The van der Waals surface area contributed by atoms with Crippen LogP contribution in [0.1, 0.15) is 41.9 Å². The second-order valence-corrected chi connectivity index (χ2v) is 6.78. The van der Waals surface area contributed by atoms with E-state index in [-0.39, 0.29) is 47.5 Å². The van der Waals surface area contributed by atoms with Gasteiger partial charge < -0.3 is 0 Å². The molecule has 0 saturated heterocycles. The summed E-state index contributed by atoms with van der Waals surface area (Å²) in [6, 6.07) is 6.95. The number of rotatable bonds is 2. The summed E-state index contributed by atoms with van der Waals surface area (Å²) in [5.74, 6) is -1.45. The highest BCUT2D eigenvalue weighted by Crippen LogP contribution is 2.39. The third-order valence-electron chi connectivity index (χ3n) is 4.62. The van der Waals surface area contributed by atoms with Crippen LogP contribution in [-0.2, 0) is 21.9 Å². The van der Waals surface area contributed by atoms with Crippen LogP contribution in [0.3, 0.4) is 0 Å². The van der Waals surface area contributed by atoms with Gasteiger partial charge in [-0.2, -0.15) is 26.3 Å². The zero-order chi connectivity index (χ0) is 20.7. The van der Waals surface area contributed by atoms with Gasteiger partial charge in [-0.3, -0.25) is 9.59 Å². The van der Waals surface area contributed by atoms with Crippen LogP contribution in [0.15, 0.2) is 42.5 Å². The first-order chi connectivity index (χ1) is 12.9. The first-order valence-corrected chi connectivity index (χ1v) is 8.36. The summed E-state index contributed by atoms with van der Waals surface area (Å²) >= 11 is 0. The van der Waals surface area contributed by atoms with E-state index in [1.54, 1.807) is 0 Å². The molecule has 0 spiro atoms. The van der Waals surface area contributed by atoms with E-state index >= 15 is 0 Å². The number of ketones is 2. The maximum Gasteiger partial charge on any atom is 0.416 e. The molecule has 28 heavy (non-hydrogen) atoms. The number of hydrogen-bond donors (Lipinski definition) is 0. The minimum atomic E-state index is -4.73. The van der Waals surface area contributed by atoms with Crippen LogP contribution >= 0.6 is 0 Å². The van der Waals surface area contributed by atoms with Crippen molar-refractivity contribution in [1.82, 2.24) is 0 Å². The Morgan fingerprint density at radius 2 is 1.29 bits per heavy atom. The Morgan fingerprint density at radius 1 is 0.714 bits per heavy atom. The highest BCUT2D eigenvalue weighted by atomic mass is 19.4. The molecule has 0 unspecified atom stereocenters. The zero-order valence-electron chi connectivity index (χ0n) is 14.3. The smallest absolute Gasteiger partial charge is 0.299 e. The van der Waals surface area contributed by atoms with Crippen molar-refractivity contribution in [2.75, 3.05) is 0 Å². The molecule has 0 radical (unpaired) electrons. The van der Waals surface area contributed by atoms with Crippen molar-refractivity contribution in [1.29, 1.82) is 0 Å². The second-order valence-electron chi connectivity index (χ2n) is 6.78. The lowest BCUT2D eigenvalue weighted by molar-refractivity contribution is -0.138. The number of carbonyl (C=O) groups excluding carboxylic acids is 2. The van der Waals surface area contributed by atoms with Crippen molar-refractivity contribution in [3.63, 3.8) is 0 Å². The van der Waals surface area contributed by atoms with Crippen LogP contribution in [0, 0.1) is 0 Å². The lowest BCUT2D eigenvalue weighted by Gasteiger charge is -2.22. The SMILES string of the molecule is O=C1CC(=O)CC(c2cc(-c3cccc(C(F)(F)F)c3)cc(C(F)(F)F)c2)C1. The lowest BCUT2D eigenvalue weighted by atomic mass is 9.81. The molecule has 0 aliphatic heterocycles. The van der Waals surface area contributed by atoms with Crippen molar-refractivity contribution in [3.8, 4) is 11.1 Å². The minimum absolute atomic E-state index is 0.0318. The van der Waals surface area contributed by atoms with Crippen LogP contribution < -0.4 is 0 Å². The van der Waals surface area contributed by atoms with Gasteiger partial charge in [0.2, 0.25) is 0 Å². The number of carbonyl (C=O) groups is 2. The summed E-state index contributed by atoms with van der Waals surface area (Å²) in [6.45, 7) is 0. The third kappa shape index (κ3) is 4.43. The quantitative estimate of drug-likeness (QED) is 0.472. The molecule has 2 aromatic rings. The van der Waals surface area contributed by atoms with E-state index in [9.17, 15) is 35.9 Å². The number of Topliss-reactive ketones (excluding diaryl/α,β-unsaturated/α-hetero) is 2. The summed E-state index contributed by atoms with van der Waals surface area (Å²) < 4.78 is 78.9. The predicted molar refractivity (Wildman–Crippen MR) is 88.5 cm³/mol.